The third-order valence-electron chi connectivity index (χ3n) is 4.98. The molecule has 0 bridgehead atoms. The van der Waals surface area contributed by atoms with E-state index in [0.29, 0.717) is 12.0 Å². The molecule has 0 spiro atoms. The van der Waals surface area contributed by atoms with Gasteiger partial charge in [-0.3, -0.25) is 9.59 Å². The maximum Gasteiger partial charge on any atom is 0.342 e. The molecule has 10 heteroatoms. The monoisotopic (exact) mass is 423 g/mol. The van der Waals surface area contributed by atoms with Crippen LogP contribution in [-0.2, 0) is 20.7 Å². The topological polar surface area (TPSA) is 185 Å². The van der Waals surface area contributed by atoms with Crippen LogP contribution in [0.5, 0.6) is 5.75 Å². The number of carbonyl (C=O) groups excluding carboxylic acids is 3. The molecule has 1 heterocycles. The van der Waals surface area contributed by atoms with Crippen LogP contribution in [0, 0.1) is 5.92 Å². The van der Waals surface area contributed by atoms with Crippen LogP contribution >= 0.6 is 0 Å². The minimum Gasteiger partial charge on any atom is -0.507 e. The lowest BCUT2D eigenvalue weighted by Crippen LogP contribution is -2.56. The van der Waals surface area contributed by atoms with E-state index in [0.717, 1.165) is 0 Å². The highest BCUT2D eigenvalue weighted by Gasteiger charge is 2.37. The van der Waals surface area contributed by atoms with Gasteiger partial charge in [0.05, 0.1) is 6.04 Å². The number of esters is 1. The maximum absolute atomic E-state index is 12.5. The largest absolute Gasteiger partial charge is 0.507 e. The molecule has 1 aliphatic heterocycles. The molecule has 10 nitrogen and oxygen atoms in total. The molecule has 2 rings (SSSR count). The fourth-order valence-electron chi connectivity index (χ4n) is 3.49. The third-order valence-corrected chi connectivity index (χ3v) is 4.98. The number of nitrogens with one attached hydrogen (secondary N) is 1. The van der Waals surface area contributed by atoms with Gasteiger partial charge in [0, 0.05) is 18.9 Å². The Morgan fingerprint density at radius 2 is 1.97 bits per heavy atom. The number of cyclic esters (lactones) is 1. The average molecular weight is 423 g/mol. The van der Waals surface area contributed by atoms with Gasteiger partial charge in [0.25, 0.3) is 5.91 Å². The molecule has 0 aliphatic carbocycles. The van der Waals surface area contributed by atoms with Gasteiger partial charge in [0.15, 0.2) is 6.10 Å². The van der Waals surface area contributed by atoms with Crippen LogP contribution in [0.25, 0.3) is 0 Å². The van der Waals surface area contributed by atoms with Crippen molar-refractivity contribution < 1.29 is 34.4 Å². The minimum atomic E-state index is -1.90. The second kappa shape index (κ2) is 9.88. The summed E-state index contributed by atoms with van der Waals surface area (Å²) in [6.45, 7) is 3.83. The second-order valence-electron chi connectivity index (χ2n) is 7.97. The zero-order valence-electron chi connectivity index (χ0n) is 16.9. The highest BCUT2D eigenvalue weighted by Crippen LogP contribution is 2.30. The first kappa shape index (κ1) is 23.6. The number of phenolic OH excluding ortho intramolecular Hbond substituents is 1. The molecule has 2 amide bonds. The lowest BCUT2D eigenvalue weighted by atomic mass is 9.90. The number of amides is 2. The number of aromatic hydroxyl groups is 1. The Morgan fingerprint density at radius 1 is 1.30 bits per heavy atom. The zero-order chi connectivity index (χ0) is 22.6. The summed E-state index contributed by atoms with van der Waals surface area (Å²) >= 11 is 0. The van der Waals surface area contributed by atoms with Crippen LogP contribution in [0.15, 0.2) is 18.2 Å². The van der Waals surface area contributed by atoms with E-state index in [2.05, 4.69) is 5.32 Å². The van der Waals surface area contributed by atoms with Gasteiger partial charge in [-0.05, 0) is 24.0 Å². The smallest absolute Gasteiger partial charge is 0.342 e. The van der Waals surface area contributed by atoms with Gasteiger partial charge in [-0.2, -0.15) is 0 Å². The van der Waals surface area contributed by atoms with Gasteiger partial charge in [0.1, 0.15) is 23.5 Å². The molecule has 0 saturated carbocycles. The Bertz CT molecular complexity index is 799. The Kier molecular flexibility index (Phi) is 7.77. The van der Waals surface area contributed by atoms with Crippen molar-refractivity contribution in [2.45, 2.75) is 63.5 Å². The summed E-state index contributed by atoms with van der Waals surface area (Å²) in [5.74, 6) is -2.46. The van der Waals surface area contributed by atoms with Crippen molar-refractivity contribution in [3.05, 3.63) is 29.3 Å². The molecule has 0 radical (unpaired) electrons. The van der Waals surface area contributed by atoms with Gasteiger partial charge in [0.2, 0.25) is 5.91 Å². The summed E-state index contributed by atoms with van der Waals surface area (Å²) in [5.41, 5.74) is 11.3. The first-order valence-corrected chi connectivity index (χ1v) is 9.73. The average Bonchev–Trinajstić information content (AvgIpc) is 2.65. The first-order chi connectivity index (χ1) is 14.0. The lowest BCUT2D eigenvalue weighted by molar-refractivity contribution is -0.138. The second-order valence-corrected chi connectivity index (χ2v) is 7.97. The number of ether oxygens (including phenoxy) is 1. The van der Waals surface area contributed by atoms with Gasteiger partial charge < -0.3 is 36.8 Å². The van der Waals surface area contributed by atoms with E-state index in [9.17, 15) is 29.7 Å². The van der Waals surface area contributed by atoms with E-state index in [1.165, 1.54) is 6.07 Å². The van der Waals surface area contributed by atoms with Crippen molar-refractivity contribution in [2.24, 2.45) is 17.4 Å². The van der Waals surface area contributed by atoms with Crippen LogP contribution in [0.1, 0.15) is 42.6 Å². The van der Waals surface area contributed by atoms with Crippen LogP contribution in [-0.4, -0.2) is 63.5 Å². The zero-order valence-corrected chi connectivity index (χ0v) is 16.9. The summed E-state index contributed by atoms with van der Waals surface area (Å²) in [6.07, 6.45) is -4.06. The van der Waals surface area contributed by atoms with Crippen molar-refractivity contribution in [1.29, 1.82) is 0 Å². The number of fused-ring (bicyclic) bond motifs is 1. The molecule has 8 N–H and O–H groups in total. The minimum absolute atomic E-state index is 0.0938. The van der Waals surface area contributed by atoms with E-state index in [1.807, 2.05) is 13.8 Å². The normalized spacial score (nSPS) is 19.9. The molecule has 1 aliphatic rings. The van der Waals surface area contributed by atoms with E-state index in [-0.39, 0.29) is 23.7 Å². The molecule has 0 aromatic heterocycles. The van der Waals surface area contributed by atoms with Gasteiger partial charge in [-0.1, -0.05) is 26.0 Å². The predicted octanol–water partition coefficient (Wildman–Crippen LogP) is -1.07. The standard InChI is InChI=1S/C20H29N3O7/c1-9(2)6-12(23-19(28)18(27)17(26)11(21)8-15(22)25)14-7-10-4-3-5-13(24)16(10)20(29)30-14/h3-5,9,11-12,14,17-18,24,26-27H,6-8,21H2,1-2H3,(H2,22,25)(H,23,28). The lowest BCUT2D eigenvalue weighted by Gasteiger charge is -2.34. The molecular formula is C20H29N3O7. The number of benzene rings is 1. The molecule has 166 valence electrons. The van der Waals surface area contributed by atoms with E-state index < -0.39 is 54.6 Å². The Balaban J connectivity index is 2.15. The van der Waals surface area contributed by atoms with Crippen molar-refractivity contribution in [2.75, 3.05) is 0 Å². The van der Waals surface area contributed by atoms with Crippen molar-refractivity contribution in [1.82, 2.24) is 5.32 Å². The highest BCUT2D eigenvalue weighted by atomic mass is 16.5. The SMILES string of the molecule is CC(C)CC(NC(=O)C(O)C(O)C(N)CC(N)=O)C1Cc2cccc(O)c2C(=O)O1. The summed E-state index contributed by atoms with van der Waals surface area (Å²) in [5, 5.41) is 32.7. The van der Waals surface area contributed by atoms with E-state index >= 15 is 0 Å². The number of phenols is 1. The number of nitrogens with two attached hydrogens (primary N) is 2. The third kappa shape index (κ3) is 5.68. The van der Waals surface area contributed by atoms with Gasteiger partial charge >= 0.3 is 5.97 Å². The number of carbonyl (C=O) groups is 3. The summed E-state index contributed by atoms with van der Waals surface area (Å²) < 4.78 is 5.45. The van der Waals surface area contributed by atoms with Crippen molar-refractivity contribution in [3.63, 3.8) is 0 Å². The van der Waals surface area contributed by atoms with Crippen LogP contribution in [0.4, 0.5) is 0 Å². The Labute approximate surface area is 174 Å². The quantitative estimate of drug-likeness (QED) is 0.271. The fraction of sp³-hybridized carbons (Fsp3) is 0.550. The molecule has 5 atom stereocenters. The summed E-state index contributed by atoms with van der Waals surface area (Å²) in [7, 11) is 0. The van der Waals surface area contributed by atoms with Crippen molar-refractivity contribution >= 4 is 17.8 Å². The van der Waals surface area contributed by atoms with Crippen LogP contribution < -0.4 is 16.8 Å². The first-order valence-electron chi connectivity index (χ1n) is 9.73. The van der Waals surface area contributed by atoms with E-state index in [4.69, 9.17) is 16.2 Å². The Morgan fingerprint density at radius 3 is 2.57 bits per heavy atom. The molecular weight excluding hydrogens is 394 g/mol. The fourth-order valence-corrected chi connectivity index (χ4v) is 3.49. The molecule has 0 fully saturated rings. The number of hydrogen-bond donors (Lipinski definition) is 6. The highest BCUT2D eigenvalue weighted by molar-refractivity contribution is 5.95. The molecule has 1 aromatic carbocycles. The molecule has 0 saturated heterocycles. The van der Waals surface area contributed by atoms with Crippen molar-refractivity contribution in [3.8, 4) is 5.75 Å². The molecule has 1 aromatic rings. The predicted molar refractivity (Wildman–Crippen MR) is 106 cm³/mol. The number of primary amides is 1. The van der Waals surface area contributed by atoms with Crippen LogP contribution in [0.3, 0.4) is 0 Å². The van der Waals surface area contributed by atoms with Crippen LogP contribution in [0.2, 0.25) is 0 Å². The van der Waals surface area contributed by atoms with E-state index in [1.54, 1.807) is 12.1 Å². The number of aliphatic hydroxyl groups excluding tert-OH is 2. The Hall–Kier alpha value is -2.69. The molecule has 30 heavy (non-hydrogen) atoms. The number of aliphatic hydroxyl groups is 2. The number of rotatable bonds is 9. The molecule has 5 unspecified atom stereocenters. The van der Waals surface area contributed by atoms with Gasteiger partial charge in [-0.15, -0.1) is 0 Å². The summed E-state index contributed by atoms with van der Waals surface area (Å²) in [6, 6.07) is 2.82. The summed E-state index contributed by atoms with van der Waals surface area (Å²) in [4.78, 5) is 35.8. The van der Waals surface area contributed by atoms with Gasteiger partial charge in [-0.25, -0.2) is 4.79 Å². The number of hydrogen-bond acceptors (Lipinski definition) is 8. The maximum atomic E-state index is 12.5.